The average molecular weight is 293 g/mol. The lowest BCUT2D eigenvalue weighted by Crippen LogP contribution is -2.48. The lowest BCUT2D eigenvalue weighted by atomic mass is 9.78. The first-order valence-electron chi connectivity index (χ1n) is 7.70. The number of ether oxygens (including phenoxy) is 1. The number of carbonyl (C=O) groups excluding carboxylic acids is 1. The molecule has 4 atom stereocenters. The minimum Gasteiger partial charge on any atom is -0.481 e. The summed E-state index contributed by atoms with van der Waals surface area (Å²) in [5, 5.41) is 3.09. The minimum absolute atomic E-state index is 0.106. The lowest BCUT2D eigenvalue weighted by Gasteiger charge is -2.35. The maximum Gasteiger partial charge on any atom is 0.261 e. The van der Waals surface area contributed by atoms with Crippen LogP contribution in [0.4, 0.5) is 4.39 Å². The third-order valence-electron chi connectivity index (χ3n) is 4.53. The van der Waals surface area contributed by atoms with E-state index < -0.39 is 6.10 Å². The van der Waals surface area contributed by atoms with Gasteiger partial charge in [0.1, 0.15) is 11.6 Å². The molecule has 2 rings (SSSR count). The Morgan fingerprint density at radius 2 is 1.95 bits per heavy atom. The summed E-state index contributed by atoms with van der Waals surface area (Å²) in [5.41, 5.74) is 0. The molecule has 3 nitrogen and oxygen atoms in total. The first kappa shape index (κ1) is 15.8. The fourth-order valence-electron chi connectivity index (χ4n) is 2.86. The van der Waals surface area contributed by atoms with Gasteiger partial charge in [0.15, 0.2) is 6.10 Å². The van der Waals surface area contributed by atoms with Crippen molar-refractivity contribution >= 4 is 5.91 Å². The number of nitrogens with one attached hydrogen (secondary N) is 1. The predicted molar refractivity (Wildman–Crippen MR) is 80.6 cm³/mol. The molecule has 1 aliphatic rings. The van der Waals surface area contributed by atoms with E-state index in [1.165, 1.54) is 30.7 Å². The number of benzene rings is 1. The standard InChI is InChI=1S/C17H24FNO2/c1-11-5-4-6-16(12(11)2)19-17(20)13(3)21-15-9-7-14(18)8-10-15/h7-13,16H,4-6H2,1-3H3,(H,19,20). The van der Waals surface area contributed by atoms with Crippen LogP contribution in [-0.2, 0) is 4.79 Å². The van der Waals surface area contributed by atoms with Crippen molar-refractivity contribution in [3.05, 3.63) is 30.1 Å². The molecule has 4 heteroatoms. The largest absolute Gasteiger partial charge is 0.481 e. The molecule has 0 bridgehead atoms. The van der Waals surface area contributed by atoms with Crippen molar-refractivity contribution in [3.8, 4) is 5.75 Å². The van der Waals surface area contributed by atoms with Gasteiger partial charge in [0.05, 0.1) is 0 Å². The molecule has 0 radical (unpaired) electrons. The van der Waals surface area contributed by atoms with E-state index in [1.54, 1.807) is 6.92 Å². The summed E-state index contributed by atoms with van der Waals surface area (Å²) in [6.07, 6.45) is 2.83. The fraction of sp³-hybridized carbons (Fsp3) is 0.588. The highest BCUT2D eigenvalue weighted by atomic mass is 19.1. The van der Waals surface area contributed by atoms with Crippen LogP contribution < -0.4 is 10.1 Å². The van der Waals surface area contributed by atoms with E-state index in [2.05, 4.69) is 19.2 Å². The molecule has 1 amide bonds. The Labute approximate surface area is 125 Å². The Morgan fingerprint density at radius 3 is 2.62 bits per heavy atom. The van der Waals surface area contributed by atoms with Gasteiger partial charge in [-0.2, -0.15) is 0 Å². The highest BCUT2D eigenvalue weighted by Gasteiger charge is 2.29. The zero-order valence-electron chi connectivity index (χ0n) is 12.9. The van der Waals surface area contributed by atoms with Crippen LogP contribution in [0.15, 0.2) is 24.3 Å². The molecule has 4 unspecified atom stereocenters. The normalized spacial score (nSPS) is 27.0. The summed E-state index contributed by atoms with van der Waals surface area (Å²) >= 11 is 0. The summed E-state index contributed by atoms with van der Waals surface area (Å²) in [4.78, 5) is 12.2. The Hall–Kier alpha value is -1.58. The summed E-state index contributed by atoms with van der Waals surface area (Å²) < 4.78 is 18.4. The number of halogens is 1. The monoisotopic (exact) mass is 293 g/mol. The van der Waals surface area contributed by atoms with Gasteiger partial charge < -0.3 is 10.1 Å². The predicted octanol–water partition coefficient (Wildman–Crippen LogP) is 3.53. The zero-order chi connectivity index (χ0) is 15.4. The number of amides is 1. The molecule has 1 aromatic carbocycles. The smallest absolute Gasteiger partial charge is 0.261 e. The van der Waals surface area contributed by atoms with E-state index in [4.69, 9.17) is 4.74 Å². The molecular formula is C17H24FNO2. The number of hydrogen-bond acceptors (Lipinski definition) is 2. The van der Waals surface area contributed by atoms with Crippen molar-refractivity contribution in [1.82, 2.24) is 5.32 Å². The molecule has 1 aromatic rings. The van der Waals surface area contributed by atoms with Crippen LogP contribution in [0.25, 0.3) is 0 Å². The van der Waals surface area contributed by atoms with Crippen LogP contribution in [0.2, 0.25) is 0 Å². The summed E-state index contributed by atoms with van der Waals surface area (Å²) in [7, 11) is 0. The van der Waals surface area contributed by atoms with Gasteiger partial charge >= 0.3 is 0 Å². The van der Waals surface area contributed by atoms with E-state index >= 15 is 0 Å². The van der Waals surface area contributed by atoms with E-state index in [0.29, 0.717) is 17.6 Å². The maximum absolute atomic E-state index is 12.8. The van der Waals surface area contributed by atoms with Gasteiger partial charge in [-0.15, -0.1) is 0 Å². The topological polar surface area (TPSA) is 38.3 Å². The van der Waals surface area contributed by atoms with Gasteiger partial charge in [-0.1, -0.05) is 26.7 Å². The number of rotatable bonds is 4. The van der Waals surface area contributed by atoms with Crippen molar-refractivity contribution in [2.75, 3.05) is 0 Å². The highest BCUT2D eigenvalue weighted by Crippen LogP contribution is 2.29. The van der Waals surface area contributed by atoms with Crippen LogP contribution in [0.5, 0.6) is 5.75 Å². The second-order valence-corrected chi connectivity index (χ2v) is 6.10. The van der Waals surface area contributed by atoms with E-state index in [9.17, 15) is 9.18 Å². The van der Waals surface area contributed by atoms with Gasteiger partial charge in [-0.3, -0.25) is 4.79 Å². The third-order valence-corrected chi connectivity index (χ3v) is 4.53. The lowest BCUT2D eigenvalue weighted by molar-refractivity contribution is -0.128. The van der Waals surface area contributed by atoms with Crippen molar-refractivity contribution in [2.24, 2.45) is 11.8 Å². The Balaban J connectivity index is 1.88. The van der Waals surface area contributed by atoms with Crippen molar-refractivity contribution in [2.45, 2.75) is 52.2 Å². The molecule has 1 aliphatic carbocycles. The van der Waals surface area contributed by atoms with E-state index in [0.717, 1.165) is 12.8 Å². The van der Waals surface area contributed by atoms with E-state index in [-0.39, 0.29) is 17.8 Å². The SMILES string of the molecule is CC(Oc1ccc(F)cc1)C(=O)NC1CCCC(C)C1C. The number of carbonyl (C=O) groups is 1. The van der Waals surface area contributed by atoms with Crippen molar-refractivity contribution in [3.63, 3.8) is 0 Å². The van der Waals surface area contributed by atoms with Crippen molar-refractivity contribution in [1.29, 1.82) is 0 Å². The summed E-state index contributed by atoms with van der Waals surface area (Å²) in [6.45, 7) is 6.15. The van der Waals surface area contributed by atoms with Crippen molar-refractivity contribution < 1.29 is 13.9 Å². The molecule has 21 heavy (non-hydrogen) atoms. The first-order valence-corrected chi connectivity index (χ1v) is 7.70. The van der Waals surface area contributed by atoms with Crippen LogP contribution in [-0.4, -0.2) is 18.1 Å². The summed E-state index contributed by atoms with van der Waals surface area (Å²) in [5.74, 6) is 1.21. The van der Waals surface area contributed by atoms with Gasteiger partial charge in [0.2, 0.25) is 0 Å². The second kappa shape index (κ2) is 6.92. The third kappa shape index (κ3) is 4.19. The molecule has 0 aliphatic heterocycles. The van der Waals surface area contributed by atoms with Crippen LogP contribution in [0.1, 0.15) is 40.0 Å². The quantitative estimate of drug-likeness (QED) is 0.922. The molecule has 1 N–H and O–H groups in total. The first-order chi connectivity index (χ1) is 9.97. The van der Waals surface area contributed by atoms with E-state index in [1.807, 2.05) is 0 Å². The zero-order valence-corrected chi connectivity index (χ0v) is 12.9. The van der Waals surface area contributed by atoms with Gasteiger partial charge in [0, 0.05) is 6.04 Å². The molecule has 1 saturated carbocycles. The Morgan fingerprint density at radius 1 is 1.29 bits per heavy atom. The highest BCUT2D eigenvalue weighted by molar-refractivity contribution is 5.81. The fourth-order valence-corrected chi connectivity index (χ4v) is 2.86. The molecule has 0 spiro atoms. The Bertz CT molecular complexity index is 474. The molecular weight excluding hydrogens is 269 g/mol. The molecule has 0 heterocycles. The molecule has 1 fully saturated rings. The molecule has 0 aromatic heterocycles. The van der Waals surface area contributed by atoms with Gasteiger partial charge in [-0.25, -0.2) is 4.39 Å². The van der Waals surface area contributed by atoms with Crippen LogP contribution in [0, 0.1) is 17.7 Å². The van der Waals surface area contributed by atoms with Crippen LogP contribution in [0.3, 0.4) is 0 Å². The minimum atomic E-state index is -0.583. The maximum atomic E-state index is 12.8. The second-order valence-electron chi connectivity index (χ2n) is 6.10. The Kier molecular flexibility index (Phi) is 5.21. The molecule has 116 valence electrons. The number of hydrogen-bond donors (Lipinski definition) is 1. The van der Waals surface area contributed by atoms with Gasteiger partial charge in [-0.05, 0) is 49.4 Å². The van der Waals surface area contributed by atoms with Crippen LogP contribution >= 0.6 is 0 Å². The molecule has 0 saturated heterocycles. The summed E-state index contributed by atoms with van der Waals surface area (Å²) in [6, 6.07) is 5.94. The average Bonchev–Trinajstić information content (AvgIpc) is 2.46. The van der Waals surface area contributed by atoms with Gasteiger partial charge in [0.25, 0.3) is 5.91 Å².